The third kappa shape index (κ3) is 2.30. The molecule has 0 bridgehead atoms. The maximum absolute atomic E-state index is 6.27. The number of rotatable bonds is 2. The summed E-state index contributed by atoms with van der Waals surface area (Å²) in [5, 5.41) is 2.34. The fraction of sp³-hybridized carbons (Fsp3) is 0.227. The minimum absolute atomic E-state index is 0.841. The van der Waals surface area contributed by atoms with E-state index < -0.39 is 0 Å². The fourth-order valence-corrected chi connectivity index (χ4v) is 3.89. The molecule has 3 nitrogen and oxygen atoms in total. The summed E-state index contributed by atoms with van der Waals surface area (Å²) in [4.78, 5) is 4.59. The van der Waals surface area contributed by atoms with Gasteiger partial charge in [0.05, 0.1) is 7.11 Å². The number of nitrogens with zero attached hydrogens (tertiary/aromatic N) is 1. The van der Waals surface area contributed by atoms with Gasteiger partial charge in [-0.2, -0.15) is 0 Å². The minimum atomic E-state index is 0.841. The van der Waals surface area contributed by atoms with Crippen LogP contribution in [0.5, 0.6) is 5.75 Å². The summed E-state index contributed by atoms with van der Waals surface area (Å²) in [7, 11) is 1.68. The smallest absolute Gasteiger partial charge is 0.161 e. The van der Waals surface area contributed by atoms with E-state index in [2.05, 4.69) is 23.2 Å². The highest BCUT2D eigenvalue weighted by atomic mass is 16.5. The number of methoxy groups -OCH3 is 1. The number of fused-ring (bicyclic) bond motifs is 4. The molecule has 0 N–H and O–H groups in total. The van der Waals surface area contributed by atoms with Gasteiger partial charge in [0.15, 0.2) is 5.58 Å². The Balaban J connectivity index is 1.74. The SMILES string of the molecule is COc1ccc(-c2nccc3c2oc2cc4c(cc23)CCCC4)cc1. The number of furan rings is 1. The van der Waals surface area contributed by atoms with Crippen molar-refractivity contribution in [2.75, 3.05) is 7.11 Å². The first-order chi connectivity index (χ1) is 12.3. The van der Waals surface area contributed by atoms with Crippen LogP contribution in [0.4, 0.5) is 0 Å². The first-order valence-corrected chi connectivity index (χ1v) is 8.81. The largest absolute Gasteiger partial charge is 0.497 e. The molecule has 0 spiro atoms. The highest BCUT2D eigenvalue weighted by molar-refractivity contribution is 6.09. The van der Waals surface area contributed by atoms with Crippen molar-refractivity contribution in [1.29, 1.82) is 0 Å². The Bertz CT molecular complexity index is 1080. The van der Waals surface area contributed by atoms with Gasteiger partial charge >= 0.3 is 0 Å². The van der Waals surface area contributed by atoms with Gasteiger partial charge in [0.25, 0.3) is 0 Å². The molecule has 0 amide bonds. The van der Waals surface area contributed by atoms with Gasteiger partial charge in [-0.05, 0) is 79.3 Å². The molecule has 2 aromatic heterocycles. The second-order valence-electron chi connectivity index (χ2n) is 6.69. The van der Waals surface area contributed by atoms with Crippen molar-refractivity contribution in [3.05, 3.63) is 59.8 Å². The molecule has 0 saturated carbocycles. The van der Waals surface area contributed by atoms with E-state index in [0.717, 1.165) is 40.0 Å². The second-order valence-corrected chi connectivity index (χ2v) is 6.69. The quantitative estimate of drug-likeness (QED) is 0.484. The maximum Gasteiger partial charge on any atom is 0.161 e. The summed E-state index contributed by atoms with van der Waals surface area (Å²) in [5.74, 6) is 0.841. The summed E-state index contributed by atoms with van der Waals surface area (Å²) in [6, 6.07) is 14.6. The molecule has 2 aromatic carbocycles. The van der Waals surface area contributed by atoms with Crippen molar-refractivity contribution < 1.29 is 9.15 Å². The topological polar surface area (TPSA) is 35.3 Å². The van der Waals surface area contributed by atoms with Gasteiger partial charge in [-0.3, -0.25) is 4.98 Å². The summed E-state index contributed by atoms with van der Waals surface area (Å²) < 4.78 is 11.5. The molecule has 0 aliphatic heterocycles. The molecule has 0 fully saturated rings. The molecule has 124 valence electrons. The van der Waals surface area contributed by atoms with Gasteiger partial charge in [0, 0.05) is 22.5 Å². The summed E-state index contributed by atoms with van der Waals surface area (Å²) in [6.07, 6.45) is 6.76. The molecular weight excluding hydrogens is 310 g/mol. The molecule has 5 rings (SSSR count). The number of ether oxygens (including phenoxy) is 1. The van der Waals surface area contributed by atoms with Crippen LogP contribution >= 0.6 is 0 Å². The van der Waals surface area contributed by atoms with E-state index in [1.165, 1.54) is 35.8 Å². The monoisotopic (exact) mass is 329 g/mol. The van der Waals surface area contributed by atoms with E-state index in [0.29, 0.717) is 0 Å². The molecule has 1 aliphatic rings. The van der Waals surface area contributed by atoms with E-state index >= 15 is 0 Å². The molecule has 4 aromatic rings. The predicted molar refractivity (Wildman–Crippen MR) is 100 cm³/mol. The second kappa shape index (κ2) is 5.62. The number of benzene rings is 2. The molecule has 2 heterocycles. The lowest BCUT2D eigenvalue weighted by molar-refractivity contribution is 0.415. The van der Waals surface area contributed by atoms with Crippen molar-refractivity contribution >= 4 is 21.9 Å². The zero-order valence-electron chi connectivity index (χ0n) is 14.2. The third-order valence-corrected chi connectivity index (χ3v) is 5.21. The zero-order valence-corrected chi connectivity index (χ0v) is 14.2. The summed E-state index contributed by atoms with van der Waals surface area (Å²) in [5.41, 5.74) is 6.67. The van der Waals surface area contributed by atoms with Gasteiger partial charge in [-0.1, -0.05) is 0 Å². The van der Waals surface area contributed by atoms with Crippen molar-refractivity contribution in [2.24, 2.45) is 0 Å². The molecule has 1 aliphatic carbocycles. The van der Waals surface area contributed by atoms with Gasteiger partial charge in [-0.15, -0.1) is 0 Å². The maximum atomic E-state index is 6.27. The number of hydrogen-bond acceptors (Lipinski definition) is 3. The molecule has 0 atom stereocenters. The minimum Gasteiger partial charge on any atom is -0.497 e. The third-order valence-electron chi connectivity index (χ3n) is 5.21. The van der Waals surface area contributed by atoms with E-state index in [4.69, 9.17) is 9.15 Å². The van der Waals surface area contributed by atoms with E-state index in [-0.39, 0.29) is 0 Å². The lowest BCUT2D eigenvalue weighted by atomic mass is 9.90. The van der Waals surface area contributed by atoms with Crippen molar-refractivity contribution in [1.82, 2.24) is 4.98 Å². The van der Waals surface area contributed by atoms with Gasteiger partial charge in [0.2, 0.25) is 0 Å². The Morgan fingerprint density at radius 3 is 2.44 bits per heavy atom. The molecule has 25 heavy (non-hydrogen) atoms. The van der Waals surface area contributed by atoms with Gasteiger partial charge in [-0.25, -0.2) is 0 Å². The van der Waals surface area contributed by atoms with Crippen molar-refractivity contribution in [3.63, 3.8) is 0 Å². The van der Waals surface area contributed by atoms with Crippen LogP contribution in [0, 0.1) is 0 Å². The highest BCUT2D eigenvalue weighted by Crippen LogP contribution is 2.37. The Kier molecular flexibility index (Phi) is 3.27. The Morgan fingerprint density at radius 1 is 0.920 bits per heavy atom. The van der Waals surface area contributed by atoms with Crippen molar-refractivity contribution in [3.8, 4) is 17.0 Å². The van der Waals surface area contributed by atoms with Crippen LogP contribution in [-0.2, 0) is 12.8 Å². The lowest BCUT2D eigenvalue weighted by Crippen LogP contribution is -2.01. The number of aryl methyl sites for hydroxylation is 2. The molecule has 0 radical (unpaired) electrons. The molecule has 0 saturated heterocycles. The zero-order chi connectivity index (χ0) is 16.8. The average molecular weight is 329 g/mol. The predicted octanol–water partition coefficient (Wildman–Crippen LogP) is 5.54. The number of pyridine rings is 1. The average Bonchev–Trinajstić information content (AvgIpc) is 3.04. The van der Waals surface area contributed by atoms with Crippen LogP contribution in [-0.4, -0.2) is 12.1 Å². The first kappa shape index (κ1) is 14.5. The van der Waals surface area contributed by atoms with Crippen LogP contribution in [0.25, 0.3) is 33.2 Å². The molecule has 0 unspecified atom stereocenters. The standard InChI is InChI=1S/C22H19NO2/c1-24-17-8-6-14(7-9-17)21-22-18(10-11-23-21)19-12-15-4-2-3-5-16(15)13-20(19)25-22/h6-13H,2-5H2,1H3. The van der Waals surface area contributed by atoms with Crippen LogP contribution in [0.15, 0.2) is 53.1 Å². The Labute approximate surface area is 146 Å². The van der Waals surface area contributed by atoms with Gasteiger partial charge < -0.3 is 9.15 Å². The first-order valence-electron chi connectivity index (χ1n) is 8.81. The lowest BCUT2D eigenvalue weighted by Gasteiger charge is -2.14. The number of hydrogen-bond donors (Lipinski definition) is 0. The van der Waals surface area contributed by atoms with E-state index in [1.807, 2.05) is 30.5 Å². The fourth-order valence-electron chi connectivity index (χ4n) is 3.89. The Morgan fingerprint density at radius 2 is 1.68 bits per heavy atom. The van der Waals surface area contributed by atoms with E-state index in [9.17, 15) is 0 Å². The summed E-state index contributed by atoms with van der Waals surface area (Å²) >= 11 is 0. The van der Waals surface area contributed by atoms with Crippen LogP contribution in [0.1, 0.15) is 24.0 Å². The Hall–Kier alpha value is -2.81. The number of aromatic nitrogens is 1. The van der Waals surface area contributed by atoms with Crippen molar-refractivity contribution in [2.45, 2.75) is 25.7 Å². The molecule has 3 heteroatoms. The van der Waals surface area contributed by atoms with E-state index in [1.54, 1.807) is 7.11 Å². The highest BCUT2D eigenvalue weighted by Gasteiger charge is 2.17. The summed E-state index contributed by atoms with van der Waals surface area (Å²) in [6.45, 7) is 0. The van der Waals surface area contributed by atoms with Crippen LogP contribution < -0.4 is 4.74 Å². The molecular formula is C22H19NO2. The van der Waals surface area contributed by atoms with Crippen LogP contribution in [0.3, 0.4) is 0 Å². The normalized spacial score (nSPS) is 14.0. The van der Waals surface area contributed by atoms with Crippen LogP contribution in [0.2, 0.25) is 0 Å². The van der Waals surface area contributed by atoms with Gasteiger partial charge in [0.1, 0.15) is 17.0 Å².